The number of amides is 1. The zero-order valence-electron chi connectivity index (χ0n) is 19.3. The van der Waals surface area contributed by atoms with E-state index >= 15 is 0 Å². The molecule has 2 aliphatic rings. The van der Waals surface area contributed by atoms with Gasteiger partial charge in [0.1, 0.15) is 0 Å². The lowest BCUT2D eigenvalue weighted by Gasteiger charge is -2.36. The van der Waals surface area contributed by atoms with Crippen LogP contribution < -0.4 is 10.2 Å². The van der Waals surface area contributed by atoms with Gasteiger partial charge in [0.15, 0.2) is 0 Å². The lowest BCUT2D eigenvalue weighted by molar-refractivity contribution is -0.384. The van der Waals surface area contributed by atoms with E-state index in [2.05, 4.69) is 15.3 Å². The van der Waals surface area contributed by atoms with Crippen LogP contribution in [0.3, 0.4) is 0 Å². The number of non-ortho nitro benzene ring substituents is 1. The van der Waals surface area contributed by atoms with Gasteiger partial charge in [-0.2, -0.15) is 5.10 Å². The van der Waals surface area contributed by atoms with Crippen molar-refractivity contribution in [2.24, 2.45) is 0 Å². The van der Waals surface area contributed by atoms with Gasteiger partial charge in [0, 0.05) is 54.9 Å². The summed E-state index contributed by atoms with van der Waals surface area (Å²) in [5.74, 6) is 0.165. The van der Waals surface area contributed by atoms with E-state index in [-0.39, 0.29) is 17.5 Å². The number of aromatic nitrogens is 2. The number of piperidine rings is 1. The SMILES string of the molecule is O=C(c1cnn(-c2ccc([N+](=O)[O-])cc2)c1C1CCNCC1)N1CCN(c2cccc(Cl)c2)CC1. The second-order valence-electron chi connectivity index (χ2n) is 8.91. The fraction of sp³-hybridized carbons (Fsp3) is 0.360. The molecule has 3 aromatic rings. The maximum atomic E-state index is 13.7. The summed E-state index contributed by atoms with van der Waals surface area (Å²) in [5.41, 5.74) is 3.31. The highest BCUT2D eigenvalue weighted by molar-refractivity contribution is 6.30. The average molecular weight is 495 g/mol. The molecule has 2 aliphatic heterocycles. The van der Waals surface area contributed by atoms with E-state index in [4.69, 9.17) is 11.6 Å². The maximum Gasteiger partial charge on any atom is 0.269 e. The number of rotatable bonds is 5. The Bertz CT molecular complexity index is 1210. The Kier molecular flexibility index (Phi) is 6.70. The number of hydrogen-bond acceptors (Lipinski definition) is 6. The molecule has 0 bridgehead atoms. The number of nitro groups is 1. The molecule has 3 heterocycles. The first-order valence-electron chi connectivity index (χ1n) is 11.8. The van der Waals surface area contributed by atoms with Gasteiger partial charge in [0.2, 0.25) is 0 Å². The van der Waals surface area contributed by atoms with Crippen LogP contribution in [0.2, 0.25) is 5.02 Å². The summed E-state index contributed by atoms with van der Waals surface area (Å²) >= 11 is 6.15. The third-order valence-electron chi connectivity index (χ3n) is 6.81. The molecule has 0 atom stereocenters. The van der Waals surface area contributed by atoms with Crippen LogP contribution >= 0.6 is 11.6 Å². The van der Waals surface area contributed by atoms with Gasteiger partial charge in [-0.15, -0.1) is 0 Å². The second-order valence-corrected chi connectivity index (χ2v) is 9.35. The van der Waals surface area contributed by atoms with Crippen LogP contribution in [0.4, 0.5) is 11.4 Å². The molecule has 0 spiro atoms. The van der Waals surface area contributed by atoms with Crippen LogP contribution in [-0.4, -0.2) is 64.8 Å². The van der Waals surface area contributed by atoms with Crippen LogP contribution in [0.25, 0.3) is 5.69 Å². The van der Waals surface area contributed by atoms with E-state index < -0.39 is 4.92 Å². The summed E-state index contributed by atoms with van der Waals surface area (Å²) in [6.45, 7) is 4.43. The van der Waals surface area contributed by atoms with Crippen molar-refractivity contribution in [3.05, 3.63) is 81.1 Å². The van der Waals surface area contributed by atoms with Crippen LogP contribution in [0, 0.1) is 10.1 Å². The molecule has 182 valence electrons. The van der Waals surface area contributed by atoms with Gasteiger partial charge in [0.05, 0.1) is 28.1 Å². The Hall–Kier alpha value is -3.43. The van der Waals surface area contributed by atoms with Crippen LogP contribution in [0.5, 0.6) is 0 Å². The Balaban J connectivity index is 1.40. The standard InChI is InChI=1S/C25H27ClN6O3/c26-19-2-1-3-22(16-19)29-12-14-30(15-13-29)25(33)23-17-28-31(24(23)18-8-10-27-11-9-18)20-4-6-21(7-5-20)32(34)35/h1-7,16-18,27H,8-15H2. The Morgan fingerprint density at radius 1 is 1.03 bits per heavy atom. The van der Waals surface area contributed by atoms with E-state index in [1.54, 1.807) is 23.0 Å². The van der Waals surface area contributed by atoms with Gasteiger partial charge in [0.25, 0.3) is 11.6 Å². The molecule has 1 aromatic heterocycles. The van der Waals surface area contributed by atoms with Gasteiger partial charge in [-0.1, -0.05) is 17.7 Å². The molecule has 2 saturated heterocycles. The number of carbonyl (C=O) groups is 1. The third-order valence-corrected chi connectivity index (χ3v) is 7.04. The zero-order chi connectivity index (χ0) is 24.4. The molecule has 5 rings (SSSR count). The van der Waals surface area contributed by atoms with Crippen molar-refractivity contribution in [2.75, 3.05) is 44.2 Å². The molecule has 35 heavy (non-hydrogen) atoms. The van der Waals surface area contributed by atoms with Gasteiger partial charge in [-0.05, 0) is 56.3 Å². The molecule has 0 aliphatic carbocycles. The maximum absolute atomic E-state index is 13.7. The summed E-state index contributed by atoms with van der Waals surface area (Å²) < 4.78 is 1.79. The molecule has 0 saturated carbocycles. The number of nitro benzene ring substituents is 1. The van der Waals surface area contributed by atoms with Crippen LogP contribution in [0.15, 0.2) is 54.7 Å². The monoisotopic (exact) mass is 494 g/mol. The molecule has 10 heteroatoms. The summed E-state index contributed by atoms with van der Waals surface area (Å²) in [5, 5.41) is 19.7. The van der Waals surface area contributed by atoms with Gasteiger partial charge in [-0.3, -0.25) is 14.9 Å². The molecular formula is C25H27ClN6O3. The van der Waals surface area contributed by atoms with Gasteiger partial charge < -0.3 is 15.1 Å². The van der Waals surface area contributed by atoms with E-state index in [0.717, 1.165) is 50.4 Å². The molecule has 2 aromatic carbocycles. The molecule has 0 unspecified atom stereocenters. The summed E-state index contributed by atoms with van der Waals surface area (Å²) in [6, 6.07) is 14.1. The molecule has 1 N–H and O–H groups in total. The lowest BCUT2D eigenvalue weighted by atomic mass is 9.91. The van der Waals surface area contributed by atoms with Crippen molar-refractivity contribution in [1.82, 2.24) is 20.0 Å². The highest BCUT2D eigenvalue weighted by Crippen LogP contribution is 2.32. The number of piperazine rings is 1. The molecule has 0 radical (unpaired) electrons. The third kappa shape index (κ3) is 4.87. The highest BCUT2D eigenvalue weighted by atomic mass is 35.5. The quantitative estimate of drug-likeness (QED) is 0.427. The topological polar surface area (TPSA) is 96.5 Å². The number of anilines is 1. The van der Waals surface area contributed by atoms with Crippen molar-refractivity contribution in [1.29, 1.82) is 0 Å². The smallest absolute Gasteiger partial charge is 0.269 e. The fourth-order valence-electron chi connectivity index (χ4n) is 4.94. The largest absolute Gasteiger partial charge is 0.368 e. The van der Waals surface area contributed by atoms with Gasteiger partial charge in [-0.25, -0.2) is 4.68 Å². The molecule has 9 nitrogen and oxygen atoms in total. The zero-order valence-corrected chi connectivity index (χ0v) is 20.0. The first-order chi connectivity index (χ1) is 17.0. The van der Waals surface area contributed by atoms with Gasteiger partial charge >= 0.3 is 0 Å². The summed E-state index contributed by atoms with van der Waals surface area (Å²) in [7, 11) is 0. The summed E-state index contributed by atoms with van der Waals surface area (Å²) in [6.07, 6.45) is 3.47. The van der Waals surface area contributed by atoms with Crippen molar-refractivity contribution in [3.8, 4) is 5.69 Å². The molecular weight excluding hydrogens is 468 g/mol. The predicted molar refractivity (Wildman–Crippen MR) is 135 cm³/mol. The average Bonchev–Trinajstić information content (AvgIpc) is 3.34. The minimum Gasteiger partial charge on any atom is -0.368 e. The number of benzene rings is 2. The number of halogens is 1. The fourth-order valence-corrected chi connectivity index (χ4v) is 5.13. The summed E-state index contributed by atoms with van der Waals surface area (Å²) in [4.78, 5) is 28.5. The minimum atomic E-state index is -0.418. The molecule has 2 fully saturated rings. The van der Waals surface area contributed by atoms with Crippen molar-refractivity contribution >= 4 is 28.9 Å². The minimum absolute atomic E-state index is 0.0163. The van der Waals surface area contributed by atoms with E-state index in [0.29, 0.717) is 29.4 Å². The van der Waals surface area contributed by atoms with Crippen molar-refractivity contribution in [3.63, 3.8) is 0 Å². The molecule has 1 amide bonds. The lowest BCUT2D eigenvalue weighted by Crippen LogP contribution is -2.49. The van der Waals surface area contributed by atoms with Crippen molar-refractivity contribution < 1.29 is 9.72 Å². The number of nitrogens with zero attached hydrogens (tertiary/aromatic N) is 5. The Morgan fingerprint density at radius 2 is 1.74 bits per heavy atom. The van der Waals surface area contributed by atoms with E-state index in [9.17, 15) is 14.9 Å². The number of hydrogen-bond donors (Lipinski definition) is 1. The first-order valence-corrected chi connectivity index (χ1v) is 12.2. The van der Waals surface area contributed by atoms with E-state index in [1.807, 2.05) is 29.2 Å². The number of nitrogens with one attached hydrogen (secondary N) is 1. The normalized spacial score (nSPS) is 16.9. The van der Waals surface area contributed by atoms with E-state index in [1.165, 1.54) is 12.1 Å². The van der Waals surface area contributed by atoms with Crippen LogP contribution in [0.1, 0.15) is 34.8 Å². The predicted octanol–water partition coefficient (Wildman–Crippen LogP) is 3.86. The van der Waals surface area contributed by atoms with Crippen molar-refractivity contribution in [2.45, 2.75) is 18.8 Å². The number of carbonyl (C=O) groups excluding carboxylic acids is 1. The Labute approximate surface area is 208 Å². The first kappa shape index (κ1) is 23.3. The Morgan fingerprint density at radius 3 is 2.40 bits per heavy atom. The van der Waals surface area contributed by atoms with Crippen LogP contribution in [-0.2, 0) is 0 Å². The highest BCUT2D eigenvalue weighted by Gasteiger charge is 2.31. The second kappa shape index (κ2) is 10.1.